The monoisotopic (exact) mass is 484 g/mol. The van der Waals surface area contributed by atoms with Gasteiger partial charge in [0.15, 0.2) is 11.5 Å². The molecule has 4 aromatic rings. The van der Waals surface area contributed by atoms with E-state index in [4.69, 9.17) is 21.1 Å². The summed E-state index contributed by atoms with van der Waals surface area (Å²) in [7, 11) is 0. The number of hydrogen-bond donors (Lipinski definition) is 2. The van der Waals surface area contributed by atoms with E-state index in [1.807, 2.05) is 0 Å². The maximum Gasteiger partial charge on any atom is 0.417 e. The topological polar surface area (TPSA) is 75.8 Å². The smallest absolute Gasteiger partial charge is 0.417 e. The first kappa shape index (κ1) is 21.8. The van der Waals surface area contributed by atoms with Crippen molar-refractivity contribution in [3.63, 3.8) is 0 Å². The Balaban J connectivity index is 1.71. The van der Waals surface area contributed by atoms with Gasteiger partial charge >= 0.3 is 6.18 Å². The van der Waals surface area contributed by atoms with Crippen LogP contribution in [0.15, 0.2) is 48.8 Å². The number of rotatable bonds is 5. The summed E-state index contributed by atoms with van der Waals surface area (Å²) < 4.78 is 53.3. The van der Waals surface area contributed by atoms with Crippen molar-refractivity contribution in [2.75, 3.05) is 6.79 Å². The zero-order chi connectivity index (χ0) is 23.7. The quantitative estimate of drug-likeness (QED) is 0.337. The maximum atomic E-state index is 14.1. The molecule has 0 atom stereocenters. The summed E-state index contributed by atoms with van der Waals surface area (Å²) in [5.41, 5.74) is 1.43. The molecule has 2 N–H and O–H groups in total. The molecule has 0 fully saturated rings. The second kappa shape index (κ2) is 8.75. The molecular weight excluding hydrogens is 469 g/mol. The molecule has 0 bridgehead atoms. The molecule has 2 aromatic carbocycles. The van der Waals surface area contributed by atoms with Crippen LogP contribution >= 0.6 is 11.6 Å². The minimum Gasteiger partial charge on any atom is -0.454 e. The number of nitrogens with zero attached hydrogens (tertiary/aromatic N) is 2. The van der Waals surface area contributed by atoms with Crippen LogP contribution in [0, 0.1) is 0 Å². The first-order valence-corrected chi connectivity index (χ1v) is 10.5. The minimum absolute atomic E-state index is 0.0312. The van der Waals surface area contributed by atoms with Crippen molar-refractivity contribution in [2.24, 2.45) is 0 Å². The number of H-pyrrole nitrogens is 2. The average Bonchev–Trinajstić information content (AvgIpc) is 3.58. The summed E-state index contributed by atoms with van der Waals surface area (Å²) in [5, 5.41) is 13.3. The molecule has 6 nitrogen and oxygen atoms in total. The van der Waals surface area contributed by atoms with Crippen LogP contribution in [0.1, 0.15) is 28.1 Å². The highest BCUT2D eigenvalue weighted by molar-refractivity contribution is 6.35. The van der Waals surface area contributed by atoms with Gasteiger partial charge in [-0.05, 0) is 59.7 Å². The van der Waals surface area contributed by atoms with Crippen molar-refractivity contribution >= 4 is 35.9 Å². The van der Waals surface area contributed by atoms with Crippen LogP contribution in [0.25, 0.3) is 35.4 Å². The Bertz CT molecular complexity index is 1380. The number of aromatic nitrogens is 4. The van der Waals surface area contributed by atoms with Crippen LogP contribution in [-0.4, -0.2) is 27.2 Å². The fraction of sp³-hybridized carbons (Fsp3) is 0.0833. The zero-order valence-corrected chi connectivity index (χ0v) is 18.1. The number of hydrogen-bond acceptors (Lipinski definition) is 4. The Labute approximate surface area is 196 Å². The SMILES string of the molecule is FC(F)(F)c1ccc(/C=C/c2ccn[nH]2)c(Cl)c1-c1ccc2c(c1/C=C/c1ccn[nH]1)OCO2. The molecule has 1 aliphatic heterocycles. The van der Waals surface area contributed by atoms with Gasteiger partial charge in [0.2, 0.25) is 6.79 Å². The molecule has 3 heterocycles. The molecule has 1 aliphatic rings. The van der Waals surface area contributed by atoms with Crippen molar-refractivity contribution in [1.82, 2.24) is 20.4 Å². The van der Waals surface area contributed by atoms with E-state index in [1.54, 1.807) is 61.0 Å². The Morgan fingerprint density at radius 2 is 1.56 bits per heavy atom. The average molecular weight is 485 g/mol. The normalized spacial score (nSPS) is 13.4. The molecule has 172 valence electrons. The predicted octanol–water partition coefficient (Wildman–Crippen LogP) is 6.54. The van der Waals surface area contributed by atoms with Crippen molar-refractivity contribution in [3.8, 4) is 22.6 Å². The number of ether oxygens (including phenoxy) is 2. The lowest BCUT2D eigenvalue weighted by molar-refractivity contribution is -0.137. The number of halogens is 4. The zero-order valence-electron chi connectivity index (χ0n) is 17.4. The molecule has 5 rings (SSSR count). The predicted molar refractivity (Wildman–Crippen MR) is 123 cm³/mol. The van der Waals surface area contributed by atoms with Gasteiger partial charge in [-0.3, -0.25) is 10.2 Å². The van der Waals surface area contributed by atoms with Crippen LogP contribution in [0.2, 0.25) is 5.02 Å². The molecular formula is C24H16ClF3N4O2. The molecule has 0 spiro atoms. The molecule has 0 radical (unpaired) electrons. The van der Waals surface area contributed by atoms with E-state index in [2.05, 4.69) is 20.4 Å². The molecule has 2 aromatic heterocycles. The summed E-state index contributed by atoms with van der Waals surface area (Å²) in [4.78, 5) is 0. The molecule has 10 heteroatoms. The summed E-state index contributed by atoms with van der Waals surface area (Å²) in [6.45, 7) is -0.0312. The fourth-order valence-electron chi connectivity index (χ4n) is 3.67. The molecule has 0 unspecified atom stereocenters. The fourth-order valence-corrected chi connectivity index (χ4v) is 4.00. The molecule has 0 saturated carbocycles. The van der Waals surface area contributed by atoms with Crippen LogP contribution in [0.4, 0.5) is 13.2 Å². The van der Waals surface area contributed by atoms with Crippen LogP contribution < -0.4 is 9.47 Å². The Kier molecular flexibility index (Phi) is 5.62. The van der Waals surface area contributed by atoms with E-state index in [0.717, 1.165) is 6.07 Å². The van der Waals surface area contributed by atoms with Crippen molar-refractivity contribution in [2.45, 2.75) is 6.18 Å². The van der Waals surface area contributed by atoms with E-state index in [1.165, 1.54) is 6.07 Å². The van der Waals surface area contributed by atoms with Crippen molar-refractivity contribution in [3.05, 3.63) is 81.9 Å². The van der Waals surface area contributed by atoms with Gasteiger partial charge in [-0.25, -0.2) is 0 Å². The van der Waals surface area contributed by atoms with Crippen molar-refractivity contribution in [1.29, 1.82) is 0 Å². The van der Waals surface area contributed by atoms with Gasteiger partial charge in [0.25, 0.3) is 0 Å². The summed E-state index contributed by atoms with van der Waals surface area (Å²) in [6, 6.07) is 8.96. The third-order valence-electron chi connectivity index (χ3n) is 5.24. The highest BCUT2D eigenvalue weighted by atomic mass is 35.5. The first-order valence-electron chi connectivity index (χ1n) is 10.1. The summed E-state index contributed by atoms with van der Waals surface area (Å²) >= 11 is 6.63. The van der Waals surface area contributed by atoms with E-state index >= 15 is 0 Å². The third kappa shape index (κ3) is 4.17. The van der Waals surface area contributed by atoms with Gasteiger partial charge in [-0.1, -0.05) is 23.7 Å². The third-order valence-corrected chi connectivity index (χ3v) is 5.65. The Morgan fingerprint density at radius 3 is 2.21 bits per heavy atom. The first-order chi connectivity index (χ1) is 16.4. The van der Waals surface area contributed by atoms with E-state index in [-0.39, 0.29) is 22.9 Å². The molecule has 0 amide bonds. The molecule has 0 saturated heterocycles. The second-order valence-corrected chi connectivity index (χ2v) is 7.72. The Hall–Kier alpha value is -3.98. The van der Waals surface area contributed by atoms with Gasteiger partial charge in [-0.15, -0.1) is 0 Å². The lowest BCUT2D eigenvalue weighted by Gasteiger charge is -2.19. The van der Waals surface area contributed by atoms with Crippen LogP contribution in [-0.2, 0) is 6.18 Å². The van der Waals surface area contributed by atoms with Gasteiger partial charge in [-0.2, -0.15) is 23.4 Å². The van der Waals surface area contributed by atoms with E-state index in [9.17, 15) is 13.2 Å². The van der Waals surface area contributed by atoms with Crippen LogP contribution in [0.3, 0.4) is 0 Å². The number of benzene rings is 2. The maximum absolute atomic E-state index is 14.1. The minimum atomic E-state index is -4.63. The largest absolute Gasteiger partial charge is 0.454 e. The number of aromatic amines is 2. The number of nitrogens with one attached hydrogen (secondary N) is 2. The Morgan fingerprint density at radius 1 is 0.853 bits per heavy atom. The van der Waals surface area contributed by atoms with Gasteiger partial charge < -0.3 is 9.47 Å². The van der Waals surface area contributed by atoms with Crippen LogP contribution in [0.5, 0.6) is 11.5 Å². The lowest BCUT2D eigenvalue weighted by Crippen LogP contribution is -2.08. The number of fused-ring (bicyclic) bond motifs is 1. The number of alkyl halides is 3. The lowest BCUT2D eigenvalue weighted by atomic mass is 9.91. The highest BCUT2D eigenvalue weighted by Crippen LogP contribution is 2.48. The second-order valence-electron chi connectivity index (χ2n) is 7.34. The highest BCUT2D eigenvalue weighted by Gasteiger charge is 2.36. The van der Waals surface area contributed by atoms with Gasteiger partial charge in [0.1, 0.15) is 0 Å². The molecule has 0 aliphatic carbocycles. The molecule has 34 heavy (non-hydrogen) atoms. The van der Waals surface area contributed by atoms with E-state index in [0.29, 0.717) is 34.0 Å². The van der Waals surface area contributed by atoms with E-state index < -0.39 is 11.7 Å². The standard InChI is InChI=1S/C24H16ClF3N4O2/c25-22-14(1-3-15-9-11-29-31-15)2-7-19(24(26,27)28)21(22)17-6-8-20-23(34-13-33-20)18(17)5-4-16-10-12-30-32-16/h1-12H,13H2,(H,29,31)(H,30,32)/b3-1+,5-4+. The van der Waals surface area contributed by atoms with Gasteiger partial charge in [0.05, 0.1) is 22.0 Å². The summed E-state index contributed by atoms with van der Waals surface area (Å²) in [6.07, 6.45) is 5.17. The summed E-state index contributed by atoms with van der Waals surface area (Å²) in [5.74, 6) is 0.781. The van der Waals surface area contributed by atoms with Gasteiger partial charge in [0, 0.05) is 23.5 Å². The van der Waals surface area contributed by atoms with Crippen molar-refractivity contribution < 1.29 is 22.6 Å².